The number of morpholine rings is 1. The van der Waals surface area contributed by atoms with Crippen LogP contribution in [-0.2, 0) is 16.0 Å². The van der Waals surface area contributed by atoms with Gasteiger partial charge in [0.15, 0.2) is 0 Å². The molecule has 2 saturated heterocycles. The Morgan fingerprint density at radius 3 is 2.59 bits per heavy atom. The van der Waals surface area contributed by atoms with Gasteiger partial charge in [0.25, 0.3) is 0 Å². The molecule has 5 rings (SSSR count). The Balaban J connectivity index is 1.58. The lowest BCUT2D eigenvalue weighted by Gasteiger charge is -2.31. The number of rotatable bonds is 6. The van der Waals surface area contributed by atoms with Crippen LogP contribution in [-0.4, -0.2) is 79.6 Å². The van der Waals surface area contributed by atoms with E-state index in [4.69, 9.17) is 29.9 Å². The van der Waals surface area contributed by atoms with Crippen LogP contribution in [0.15, 0.2) is 12.3 Å². The first-order valence-corrected chi connectivity index (χ1v) is 12.6. The molecule has 3 aromatic heterocycles. The van der Waals surface area contributed by atoms with Crippen molar-refractivity contribution in [3.63, 3.8) is 0 Å². The molecule has 0 amide bonds. The number of pyridine rings is 1. The monoisotopic (exact) mass is 484 g/mol. The molecule has 0 aromatic carbocycles. The predicted molar refractivity (Wildman–Crippen MR) is 135 cm³/mol. The third-order valence-electron chi connectivity index (χ3n) is 6.71. The minimum atomic E-state index is 0.367. The van der Waals surface area contributed by atoms with Crippen LogP contribution in [0.25, 0.3) is 21.5 Å². The molecular weight excluding hydrogens is 452 g/mol. The molecule has 0 radical (unpaired) electrons. The van der Waals surface area contributed by atoms with Gasteiger partial charge in [0.1, 0.15) is 0 Å². The SMILES string of the molecule is COc1ncc(-c2nc(N3CCOCC3)nc3c(CN4CCC(OC)CC4)c(C)sc23)cc1N. The van der Waals surface area contributed by atoms with Gasteiger partial charge in [-0.25, -0.2) is 15.0 Å². The van der Waals surface area contributed by atoms with Crippen molar-refractivity contribution < 1.29 is 14.2 Å². The van der Waals surface area contributed by atoms with Crippen molar-refractivity contribution in [3.8, 4) is 17.1 Å². The fourth-order valence-electron chi connectivity index (χ4n) is 4.70. The van der Waals surface area contributed by atoms with Gasteiger partial charge in [-0.3, -0.25) is 4.90 Å². The zero-order valence-electron chi connectivity index (χ0n) is 20.0. The Morgan fingerprint density at radius 2 is 1.91 bits per heavy atom. The van der Waals surface area contributed by atoms with E-state index in [1.807, 2.05) is 13.2 Å². The predicted octanol–water partition coefficient (Wildman–Crippen LogP) is 3.10. The molecule has 2 N–H and O–H groups in total. The standard InChI is InChI=1S/C24H32N6O3S/c1-15-18(14-29-6-4-17(31-2)5-7-29)21-22(34-15)20(16-12-19(25)23(32-3)26-13-16)27-24(28-21)30-8-10-33-11-9-30/h12-13,17H,4-11,14,25H2,1-3H3. The molecule has 0 spiro atoms. The first kappa shape index (κ1) is 23.2. The fourth-order valence-corrected chi connectivity index (χ4v) is 5.82. The molecule has 0 saturated carbocycles. The summed E-state index contributed by atoms with van der Waals surface area (Å²) >= 11 is 1.75. The van der Waals surface area contributed by atoms with Crippen LogP contribution in [0.3, 0.4) is 0 Å². The molecule has 3 aromatic rings. The maximum absolute atomic E-state index is 6.20. The van der Waals surface area contributed by atoms with E-state index in [0.29, 0.717) is 30.9 Å². The highest BCUT2D eigenvalue weighted by atomic mass is 32.1. The van der Waals surface area contributed by atoms with E-state index >= 15 is 0 Å². The van der Waals surface area contributed by atoms with E-state index in [-0.39, 0.29) is 0 Å². The summed E-state index contributed by atoms with van der Waals surface area (Å²) in [5.41, 5.74) is 10.7. The first-order chi connectivity index (χ1) is 16.6. The van der Waals surface area contributed by atoms with Crippen molar-refractivity contribution in [1.82, 2.24) is 19.9 Å². The molecule has 182 valence electrons. The highest BCUT2D eigenvalue weighted by molar-refractivity contribution is 7.19. The molecular formula is C24H32N6O3S. The first-order valence-electron chi connectivity index (χ1n) is 11.7. The smallest absolute Gasteiger partial charge is 0.236 e. The summed E-state index contributed by atoms with van der Waals surface area (Å²) in [7, 11) is 3.38. The Labute approximate surface area is 203 Å². The third kappa shape index (κ3) is 4.55. The van der Waals surface area contributed by atoms with Crippen LogP contribution in [0.1, 0.15) is 23.3 Å². The number of nitrogens with zero attached hydrogens (tertiary/aromatic N) is 5. The Bertz CT molecular complexity index is 1160. The van der Waals surface area contributed by atoms with Gasteiger partial charge in [-0.05, 0) is 25.8 Å². The quantitative estimate of drug-likeness (QED) is 0.566. The second-order valence-corrected chi connectivity index (χ2v) is 10.0. The second kappa shape index (κ2) is 9.99. The fraction of sp³-hybridized carbons (Fsp3) is 0.542. The number of methoxy groups -OCH3 is 2. The van der Waals surface area contributed by atoms with Crippen molar-refractivity contribution >= 4 is 33.2 Å². The van der Waals surface area contributed by atoms with Gasteiger partial charge >= 0.3 is 0 Å². The van der Waals surface area contributed by atoms with Crippen molar-refractivity contribution in [2.75, 3.05) is 64.2 Å². The molecule has 2 aliphatic rings. The van der Waals surface area contributed by atoms with E-state index in [1.165, 1.54) is 10.4 Å². The lowest BCUT2D eigenvalue weighted by Crippen LogP contribution is -2.37. The maximum atomic E-state index is 6.20. The molecule has 0 aliphatic carbocycles. The highest BCUT2D eigenvalue weighted by Crippen LogP contribution is 2.39. The average Bonchev–Trinajstić information content (AvgIpc) is 3.19. The van der Waals surface area contributed by atoms with Crippen LogP contribution >= 0.6 is 11.3 Å². The summed E-state index contributed by atoms with van der Waals surface area (Å²) in [4.78, 5) is 20.5. The molecule has 34 heavy (non-hydrogen) atoms. The van der Waals surface area contributed by atoms with Crippen LogP contribution in [0, 0.1) is 6.92 Å². The van der Waals surface area contributed by atoms with E-state index in [0.717, 1.165) is 73.0 Å². The highest BCUT2D eigenvalue weighted by Gasteiger charge is 2.25. The number of aryl methyl sites for hydroxylation is 1. The van der Waals surface area contributed by atoms with Gasteiger partial charge in [0, 0.05) is 62.0 Å². The zero-order valence-corrected chi connectivity index (χ0v) is 20.9. The average molecular weight is 485 g/mol. The van der Waals surface area contributed by atoms with E-state index in [2.05, 4.69) is 21.7 Å². The van der Waals surface area contributed by atoms with Crippen LogP contribution < -0.4 is 15.4 Å². The topological polar surface area (TPSA) is 98.9 Å². The van der Waals surface area contributed by atoms with Crippen molar-refractivity contribution in [3.05, 3.63) is 22.7 Å². The van der Waals surface area contributed by atoms with Gasteiger partial charge in [-0.15, -0.1) is 11.3 Å². The normalized spacial score (nSPS) is 18.0. The number of fused-ring (bicyclic) bond motifs is 1. The van der Waals surface area contributed by atoms with E-state index in [9.17, 15) is 0 Å². The molecule has 5 heterocycles. The van der Waals surface area contributed by atoms with E-state index < -0.39 is 0 Å². The number of piperidine rings is 1. The summed E-state index contributed by atoms with van der Waals surface area (Å²) in [6.07, 6.45) is 4.28. The van der Waals surface area contributed by atoms with Crippen molar-refractivity contribution in [2.45, 2.75) is 32.4 Å². The minimum absolute atomic E-state index is 0.367. The number of hydrogen-bond acceptors (Lipinski definition) is 10. The van der Waals surface area contributed by atoms with Crippen molar-refractivity contribution in [2.24, 2.45) is 0 Å². The number of hydrogen-bond donors (Lipinski definition) is 1. The van der Waals surface area contributed by atoms with Crippen molar-refractivity contribution in [1.29, 1.82) is 0 Å². The maximum Gasteiger partial charge on any atom is 0.236 e. The number of anilines is 2. The summed E-state index contributed by atoms with van der Waals surface area (Å²) in [5.74, 6) is 1.15. The number of nitrogen functional groups attached to an aromatic ring is 1. The molecule has 0 unspecified atom stereocenters. The Morgan fingerprint density at radius 1 is 1.15 bits per heavy atom. The molecule has 0 bridgehead atoms. The van der Waals surface area contributed by atoms with Crippen LogP contribution in [0.5, 0.6) is 5.88 Å². The number of nitrogens with two attached hydrogens (primary N) is 1. The van der Waals surface area contributed by atoms with Crippen LogP contribution in [0.2, 0.25) is 0 Å². The largest absolute Gasteiger partial charge is 0.480 e. The third-order valence-corrected chi connectivity index (χ3v) is 7.85. The van der Waals surface area contributed by atoms with Gasteiger partial charge < -0.3 is 24.8 Å². The Kier molecular flexibility index (Phi) is 6.82. The van der Waals surface area contributed by atoms with E-state index in [1.54, 1.807) is 24.6 Å². The summed E-state index contributed by atoms with van der Waals surface area (Å²) in [6, 6.07) is 1.89. The molecule has 2 aliphatic heterocycles. The molecule has 9 nitrogen and oxygen atoms in total. The van der Waals surface area contributed by atoms with Gasteiger partial charge in [0.2, 0.25) is 11.8 Å². The number of ether oxygens (including phenoxy) is 3. The number of aromatic nitrogens is 3. The Hall–Kier alpha value is -2.53. The molecule has 0 atom stereocenters. The lowest BCUT2D eigenvalue weighted by molar-refractivity contribution is 0.0389. The number of thiophene rings is 1. The van der Waals surface area contributed by atoms with Gasteiger partial charge in [0.05, 0.1) is 48.0 Å². The summed E-state index contributed by atoms with van der Waals surface area (Å²) < 4.78 is 17.4. The summed E-state index contributed by atoms with van der Waals surface area (Å²) in [5, 5.41) is 0. The molecule has 10 heteroatoms. The molecule has 2 fully saturated rings. The van der Waals surface area contributed by atoms with Crippen LogP contribution in [0.4, 0.5) is 11.6 Å². The van der Waals surface area contributed by atoms with Gasteiger partial charge in [-0.2, -0.15) is 0 Å². The summed E-state index contributed by atoms with van der Waals surface area (Å²) in [6.45, 7) is 8.03. The zero-order chi connectivity index (χ0) is 23.7. The minimum Gasteiger partial charge on any atom is -0.480 e. The number of likely N-dealkylation sites (tertiary alicyclic amines) is 1. The lowest BCUT2D eigenvalue weighted by atomic mass is 10.1. The second-order valence-electron chi connectivity index (χ2n) is 8.82. The van der Waals surface area contributed by atoms with Gasteiger partial charge in [-0.1, -0.05) is 0 Å².